The zero-order valence-corrected chi connectivity index (χ0v) is 20.1. The Kier molecular flexibility index (Phi) is 5.34. The van der Waals surface area contributed by atoms with Crippen LogP contribution in [0, 0.1) is 12.3 Å². The predicted octanol–water partition coefficient (Wildman–Crippen LogP) is 3.54. The Labute approximate surface area is 205 Å². The van der Waals surface area contributed by atoms with Crippen molar-refractivity contribution >= 4 is 34.2 Å². The molecular formula is C24H27F2N9O. The first-order valence-electron chi connectivity index (χ1n) is 12.2. The first kappa shape index (κ1) is 22.7. The minimum absolute atomic E-state index is 0.139. The van der Waals surface area contributed by atoms with Crippen molar-refractivity contribution in [3.8, 4) is 11.3 Å². The Morgan fingerprint density at radius 2 is 1.97 bits per heavy atom. The van der Waals surface area contributed by atoms with Crippen molar-refractivity contribution in [2.75, 3.05) is 18.4 Å². The number of aromatic nitrogens is 7. The molecule has 4 aromatic heterocycles. The molecule has 5 heterocycles. The van der Waals surface area contributed by atoms with E-state index in [0.29, 0.717) is 34.4 Å². The number of aryl methyl sites for hydroxylation is 1. The molecule has 1 amide bonds. The number of nitrogens with one attached hydrogen (secondary N) is 2. The van der Waals surface area contributed by atoms with Crippen molar-refractivity contribution in [3.63, 3.8) is 0 Å². The predicted molar refractivity (Wildman–Crippen MR) is 130 cm³/mol. The van der Waals surface area contributed by atoms with Gasteiger partial charge in [-0.3, -0.25) is 4.79 Å². The van der Waals surface area contributed by atoms with Gasteiger partial charge in [0.15, 0.2) is 11.3 Å². The zero-order valence-electron chi connectivity index (χ0n) is 20.1. The Morgan fingerprint density at radius 1 is 1.19 bits per heavy atom. The average molecular weight is 496 g/mol. The quantitative estimate of drug-likeness (QED) is 0.420. The summed E-state index contributed by atoms with van der Waals surface area (Å²) < 4.78 is 27.5. The highest BCUT2D eigenvalue weighted by Gasteiger charge is 2.48. The first-order valence-corrected chi connectivity index (χ1v) is 12.2. The number of likely N-dealkylation sites (tertiary alicyclic amines) is 1. The summed E-state index contributed by atoms with van der Waals surface area (Å²) >= 11 is 0. The molecule has 0 bridgehead atoms. The molecule has 0 spiro atoms. The summed E-state index contributed by atoms with van der Waals surface area (Å²) in [6.07, 6.45) is 6.20. The number of imidazole rings is 1. The summed E-state index contributed by atoms with van der Waals surface area (Å²) in [5, 5.41) is 4.09. The molecule has 1 aliphatic heterocycles. The van der Waals surface area contributed by atoms with Crippen molar-refractivity contribution in [3.05, 3.63) is 24.4 Å². The van der Waals surface area contributed by atoms with E-state index in [9.17, 15) is 13.6 Å². The molecule has 1 aliphatic carbocycles. The second kappa shape index (κ2) is 8.45. The molecule has 2 aliphatic rings. The van der Waals surface area contributed by atoms with Crippen molar-refractivity contribution in [2.24, 2.45) is 5.41 Å². The normalized spacial score (nSPS) is 22.0. The number of fused-ring (bicyclic) bond motifs is 2. The van der Waals surface area contributed by atoms with Crippen LogP contribution in [0.25, 0.3) is 33.6 Å². The van der Waals surface area contributed by atoms with Crippen molar-refractivity contribution < 1.29 is 13.6 Å². The van der Waals surface area contributed by atoms with Crippen molar-refractivity contribution in [2.45, 2.75) is 58.5 Å². The zero-order chi connectivity index (χ0) is 25.0. The lowest BCUT2D eigenvalue weighted by atomic mass is 9.66. The number of alkyl halides is 2. The minimum Gasteiger partial charge on any atom is -0.351 e. The number of halogens is 2. The van der Waals surface area contributed by atoms with Crippen LogP contribution in [0.4, 0.5) is 14.7 Å². The maximum Gasteiger partial charge on any atom is 0.256 e. The fourth-order valence-electron chi connectivity index (χ4n) is 5.46. The molecule has 188 valence electrons. The standard InChI is InChI=1S/C24H27F2N9O/c1-13-30-20-21(35(13)12-18(25)26)32-17(11-28-20)15-9-27-19-16(15)10-29-23(33-19)31-14-7-24(2,8-14)22(36)34-5-3-4-6-34/h9-11,14,18H,3-8,12H2,1-2H3,(H2,27,29,31,33). The van der Waals surface area contributed by atoms with Crippen LogP contribution in [0.15, 0.2) is 18.6 Å². The third-order valence-corrected chi connectivity index (χ3v) is 7.31. The molecule has 1 saturated heterocycles. The molecule has 0 aromatic carbocycles. The monoisotopic (exact) mass is 495 g/mol. The van der Waals surface area contributed by atoms with E-state index in [1.807, 2.05) is 11.8 Å². The van der Waals surface area contributed by atoms with Crippen LogP contribution >= 0.6 is 0 Å². The third-order valence-electron chi connectivity index (χ3n) is 7.31. The SMILES string of the molecule is Cc1nc2ncc(-c3c[nH]c4nc(NC5CC(C)(C(=O)N6CCCC6)C5)ncc34)nc2n1CC(F)F. The van der Waals surface area contributed by atoms with Crippen LogP contribution in [-0.2, 0) is 11.3 Å². The highest BCUT2D eigenvalue weighted by molar-refractivity contribution is 5.93. The smallest absolute Gasteiger partial charge is 0.256 e. The van der Waals surface area contributed by atoms with Gasteiger partial charge in [0.1, 0.15) is 11.5 Å². The van der Waals surface area contributed by atoms with E-state index in [4.69, 9.17) is 0 Å². The molecule has 0 radical (unpaired) electrons. The van der Waals surface area contributed by atoms with Crippen LogP contribution in [0.3, 0.4) is 0 Å². The second-order valence-electron chi connectivity index (χ2n) is 10.0. The molecule has 6 rings (SSSR count). The molecule has 36 heavy (non-hydrogen) atoms. The fraction of sp³-hybridized carbons (Fsp3) is 0.500. The molecule has 2 N–H and O–H groups in total. The highest BCUT2D eigenvalue weighted by atomic mass is 19.3. The Hall–Kier alpha value is -3.70. The van der Waals surface area contributed by atoms with Crippen LogP contribution in [-0.4, -0.2) is 70.8 Å². The Bertz CT molecular complexity index is 1450. The number of hydrogen-bond donors (Lipinski definition) is 2. The summed E-state index contributed by atoms with van der Waals surface area (Å²) in [6, 6.07) is 0.139. The highest BCUT2D eigenvalue weighted by Crippen LogP contribution is 2.44. The molecule has 0 atom stereocenters. The number of hydrogen-bond acceptors (Lipinski definition) is 7. The van der Waals surface area contributed by atoms with Gasteiger partial charge < -0.3 is 19.8 Å². The Balaban J connectivity index is 1.20. The van der Waals surface area contributed by atoms with Crippen molar-refractivity contribution in [1.82, 2.24) is 39.4 Å². The largest absolute Gasteiger partial charge is 0.351 e. The summed E-state index contributed by atoms with van der Waals surface area (Å²) in [6.45, 7) is 4.95. The first-order chi connectivity index (χ1) is 17.3. The number of carbonyl (C=O) groups is 1. The van der Waals surface area contributed by atoms with Crippen molar-refractivity contribution in [1.29, 1.82) is 0 Å². The average Bonchev–Trinajstić information content (AvgIpc) is 3.56. The van der Waals surface area contributed by atoms with Gasteiger partial charge in [0, 0.05) is 42.5 Å². The number of anilines is 1. The van der Waals surface area contributed by atoms with Gasteiger partial charge in [0.05, 0.1) is 23.9 Å². The summed E-state index contributed by atoms with van der Waals surface area (Å²) in [7, 11) is 0. The van der Waals surface area contributed by atoms with Gasteiger partial charge in [0.25, 0.3) is 6.43 Å². The molecule has 0 unspecified atom stereocenters. The van der Waals surface area contributed by atoms with Crippen LogP contribution in [0.1, 0.15) is 38.4 Å². The van der Waals surface area contributed by atoms with Gasteiger partial charge in [-0.2, -0.15) is 4.98 Å². The molecule has 10 nitrogen and oxygen atoms in total. The second-order valence-corrected chi connectivity index (χ2v) is 10.0. The fourth-order valence-corrected chi connectivity index (χ4v) is 5.46. The lowest BCUT2D eigenvalue weighted by Crippen LogP contribution is -2.53. The number of rotatable bonds is 6. The number of aromatic amines is 1. The van der Waals surface area contributed by atoms with E-state index in [2.05, 4.69) is 35.2 Å². The van der Waals surface area contributed by atoms with E-state index in [-0.39, 0.29) is 17.4 Å². The van der Waals surface area contributed by atoms with Gasteiger partial charge >= 0.3 is 0 Å². The van der Waals surface area contributed by atoms with E-state index < -0.39 is 13.0 Å². The van der Waals surface area contributed by atoms with Gasteiger partial charge in [-0.25, -0.2) is 28.7 Å². The van der Waals surface area contributed by atoms with E-state index in [1.165, 1.54) is 4.57 Å². The number of carbonyl (C=O) groups excluding carboxylic acids is 1. The van der Waals surface area contributed by atoms with E-state index in [1.54, 1.807) is 25.5 Å². The molecule has 2 fully saturated rings. The van der Waals surface area contributed by atoms with Gasteiger partial charge in [-0.1, -0.05) is 6.92 Å². The van der Waals surface area contributed by atoms with E-state index >= 15 is 0 Å². The topological polar surface area (TPSA) is 118 Å². The summed E-state index contributed by atoms with van der Waals surface area (Å²) in [5.74, 6) is 1.19. The molecule has 1 saturated carbocycles. The Morgan fingerprint density at radius 3 is 2.72 bits per heavy atom. The van der Waals surface area contributed by atoms with Crippen LogP contribution < -0.4 is 5.32 Å². The summed E-state index contributed by atoms with van der Waals surface area (Å²) in [5.41, 5.74) is 2.19. The maximum absolute atomic E-state index is 13.1. The third kappa shape index (κ3) is 3.84. The maximum atomic E-state index is 13.1. The summed E-state index contributed by atoms with van der Waals surface area (Å²) in [4.78, 5) is 40.2. The molecule has 4 aromatic rings. The lowest BCUT2D eigenvalue weighted by molar-refractivity contribution is -0.145. The van der Waals surface area contributed by atoms with E-state index in [0.717, 1.165) is 49.7 Å². The molecule has 12 heteroatoms. The van der Waals surface area contributed by atoms with Gasteiger partial charge in [-0.05, 0) is 32.6 Å². The van der Waals surface area contributed by atoms with Gasteiger partial charge in [0.2, 0.25) is 11.9 Å². The van der Waals surface area contributed by atoms with Crippen LogP contribution in [0.5, 0.6) is 0 Å². The lowest BCUT2D eigenvalue weighted by Gasteiger charge is -2.45. The number of nitrogens with zero attached hydrogens (tertiary/aromatic N) is 7. The number of H-pyrrole nitrogens is 1. The molecular weight excluding hydrogens is 468 g/mol. The minimum atomic E-state index is -2.52. The number of amides is 1. The van der Waals surface area contributed by atoms with Crippen LogP contribution in [0.2, 0.25) is 0 Å². The van der Waals surface area contributed by atoms with Gasteiger partial charge in [-0.15, -0.1) is 0 Å².